The van der Waals surface area contributed by atoms with E-state index in [9.17, 15) is 4.79 Å². The highest BCUT2D eigenvalue weighted by molar-refractivity contribution is 5.81. The SMILES string of the molecule is CC(C)NC(=O)C(C)NC(C)CC1CCCCCN1. The number of hydrogen-bond acceptors (Lipinski definition) is 3. The van der Waals surface area contributed by atoms with Crippen LogP contribution < -0.4 is 16.0 Å². The molecule has 0 radical (unpaired) electrons. The van der Waals surface area contributed by atoms with Crippen molar-refractivity contribution in [3.05, 3.63) is 0 Å². The lowest BCUT2D eigenvalue weighted by Crippen LogP contribution is -2.49. The molecule has 0 bridgehead atoms. The number of rotatable bonds is 6. The molecule has 1 rings (SSSR count). The second kappa shape index (κ2) is 8.54. The standard InChI is InChI=1S/C15H31N3O/c1-11(2)17-15(19)13(4)18-12(3)10-14-8-6-5-7-9-16-14/h11-14,16,18H,5-10H2,1-4H3,(H,17,19). The van der Waals surface area contributed by atoms with Crippen LogP contribution in [0.3, 0.4) is 0 Å². The molecule has 3 N–H and O–H groups in total. The molecule has 3 unspecified atom stereocenters. The smallest absolute Gasteiger partial charge is 0.237 e. The maximum Gasteiger partial charge on any atom is 0.237 e. The minimum Gasteiger partial charge on any atom is -0.353 e. The van der Waals surface area contributed by atoms with E-state index in [2.05, 4.69) is 22.9 Å². The summed E-state index contributed by atoms with van der Waals surface area (Å²) in [5.74, 6) is 0.0932. The zero-order valence-corrected chi connectivity index (χ0v) is 13.0. The summed E-state index contributed by atoms with van der Waals surface area (Å²) in [6.45, 7) is 9.23. The topological polar surface area (TPSA) is 53.2 Å². The second-order valence-corrected chi connectivity index (χ2v) is 6.19. The number of carbonyl (C=O) groups excluding carboxylic acids is 1. The van der Waals surface area contributed by atoms with Crippen molar-refractivity contribution in [2.75, 3.05) is 6.54 Å². The van der Waals surface area contributed by atoms with E-state index >= 15 is 0 Å². The maximum absolute atomic E-state index is 11.8. The third kappa shape index (κ3) is 6.92. The van der Waals surface area contributed by atoms with Crippen LogP contribution in [-0.4, -0.2) is 36.6 Å². The van der Waals surface area contributed by atoms with Gasteiger partial charge in [-0.05, 0) is 53.5 Å². The quantitative estimate of drug-likeness (QED) is 0.689. The van der Waals surface area contributed by atoms with Crippen molar-refractivity contribution in [3.63, 3.8) is 0 Å². The lowest BCUT2D eigenvalue weighted by atomic mass is 10.0. The summed E-state index contributed by atoms with van der Waals surface area (Å²) in [5, 5.41) is 9.95. The van der Waals surface area contributed by atoms with E-state index in [0.717, 1.165) is 13.0 Å². The predicted molar refractivity (Wildman–Crippen MR) is 80.2 cm³/mol. The number of carbonyl (C=O) groups is 1. The lowest BCUT2D eigenvalue weighted by molar-refractivity contribution is -0.123. The molecule has 0 aromatic carbocycles. The van der Waals surface area contributed by atoms with E-state index < -0.39 is 0 Å². The summed E-state index contributed by atoms with van der Waals surface area (Å²) in [6.07, 6.45) is 6.33. The summed E-state index contributed by atoms with van der Waals surface area (Å²) < 4.78 is 0. The molecule has 0 aromatic rings. The van der Waals surface area contributed by atoms with Gasteiger partial charge in [-0.2, -0.15) is 0 Å². The highest BCUT2D eigenvalue weighted by atomic mass is 16.2. The zero-order valence-electron chi connectivity index (χ0n) is 13.0. The average Bonchev–Trinajstić information content (AvgIpc) is 2.56. The van der Waals surface area contributed by atoms with E-state index in [1.54, 1.807) is 0 Å². The molecule has 0 spiro atoms. The Hall–Kier alpha value is -0.610. The normalized spacial score (nSPS) is 23.7. The van der Waals surface area contributed by atoms with Crippen LogP contribution in [0.15, 0.2) is 0 Å². The molecular weight excluding hydrogens is 238 g/mol. The van der Waals surface area contributed by atoms with Gasteiger partial charge < -0.3 is 16.0 Å². The highest BCUT2D eigenvalue weighted by Crippen LogP contribution is 2.12. The minimum absolute atomic E-state index is 0.0932. The Morgan fingerprint density at radius 1 is 1.21 bits per heavy atom. The van der Waals surface area contributed by atoms with Crippen LogP contribution in [0.5, 0.6) is 0 Å². The van der Waals surface area contributed by atoms with E-state index in [4.69, 9.17) is 0 Å². The Labute approximate surface area is 118 Å². The van der Waals surface area contributed by atoms with Gasteiger partial charge >= 0.3 is 0 Å². The predicted octanol–water partition coefficient (Wildman–Crippen LogP) is 1.80. The largest absolute Gasteiger partial charge is 0.353 e. The van der Waals surface area contributed by atoms with Crippen molar-refractivity contribution in [2.45, 2.75) is 84.0 Å². The Morgan fingerprint density at radius 2 is 1.95 bits per heavy atom. The summed E-state index contributed by atoms with van der Waals surface area (Å²) in [4.78, 5) is 11.8. The van der Waals surface area contributed by atoms with Gasteiger partial charge in [0.2, 0.25) is 5.91 Å². The van der Waals surface area contributed by atoms with Gasteiger partial charge in [-0.15, -0.1) is 0 Å². The van der Waals surface area contributed by atoms with Gasteiger partial charge in [-0.25, -0.2) is 0 Å². The van der Waals surface area contributed by atoms with Crippen molar-refractivity contribution < 1.29 is 4.79 Å². The molecule has 1 heterocycles. The first-order chi connectivity index (χ1) is 8.99. The van der Waals surface area contributed by atoms with E-state index in [1.807, 2.05) is 20.8 Å². The fraction of sp³-hybridized carbons (Fsp3) is 0.933. The Bertz CT molecular complexity index is 260. The van der Waals surface area contributed by atoms with Crippen molar-refractivity contribution in [1.29, 1.82) is 0 Å². The molecule has 19 heavy (non-hydrogen) atoms. The van der Waals surface area contributed by atoms with Crippen LogP contribution in [0.1, 0.15) is 59.8 Å². The van der Waals surface area contributed by atoms with Gasteiger partial charge in [0.15, 0.2) is 0 Å². The maximum atomic E-state index is 11.8. The van der Waals surface area contributed by atoms with Crippen LogP contribution in [0.25, 0.3) is 0 Å². The molecule has 1 saturated heterocycles. The zero-order chi connectivity index (χ0) is 14.3. The summed E-state index contributed by atoms with van der Waals surface area (Å²) in [7, 11) is 0. The summed E-state index contributed by atoms with van der Waals surface area (Å²) in [6, 6.07) is 1.05. The average molecular weight is 269 g/mol. The number of hydrogen-bond donors (Lipinski definition) is 3. The molecule has 3 atom stereocenters. The van der Waals surface area contributed by atoms with Crippen molar-refractivity contribution in [3.8, 4) is 0 Å². The molecular formula is C15H31N3O. The fourth-order valence-electron chi connectivity index (χ4n) is 2.71. The van der Waals surface area contributed by atoms with Gasteiger partial charge in [0.25, 0.3) is 0 Å². The molecule has 4 heteroatoms. The molecule has 0 saturated carbocycles. The molecule has 112 valence electrons. The van der Waals surface area contributed by atoms with Gasteiger partial charge in [0, 0.05) is 18.1 Å². The monoisotopic (exact) mass is 269 g/mol. The van der Waals surface area contributed by atoms with Gasteiger partial charge in [0.05, 0.1) is 6.04 Å². The number of nitrogens with one attached hydrogen (secondary N) is 3. The van der Waals surface area contributed by atoms with Crippen molar-refractivity contribution >= 4 is 5.91 Å². The first kappa shape index (κ1) is 16.4. The Kier molecular flexibility index (Phi) is 7.39. The fourth-order valence-corrected chi connectivity index (χ4v) is 2.71. The Morgan fingerprint density at radius 3 is 2.63 bits per heavy atom. The van der Waals surface area contributed by atoms with Crippen LogP contribution in [-0.2, 0) is 4.79 Å². The van der Waals surface area contributed by atoms with Crippen LogP contribution in [0.2, 0.25) is 0 Å². The van der Waals surface area contributed by atoms with E-state index in [1.165, 1.54) is 25.7 Å². The molecule has 1 fully saturated rings. The summed E-state index contributed by atoms with van der Waals surface area (Å²) >= 11 is 0. The lowest BCUT2D eigenvalue weighted by Gasteiger charge is -2.24. The molecule has 4 nitrogen and oxygen atoms in total. The van der Waals surface area contributed by atoms with Crippen LogP contribution >= 0.6 is 0 Å². The Balaban J connectivity index is 2.28. The third-order valence-electron chi connectivity index (χ3n) is 3.66. The molecule has 0 aromatic heterocycles. The van der Waals surface area contributed by atoms with Gasteiger partial charge in [0.1, 0.15) is 0 Å². The van der Waals surface area contributed by atoms with Crippen molar-refractivity contribution in [2.24, 2.45) is 0 Å². The second-order valence-electron chi connectivity index (χ2n) is 6.19. The first-order valence-electron chi connectivity index (χ1n) is 7.79. The van der Waals surface area contributed by atoms with Gasteiger partial charge in [-0.1, -0.05) is 12.8 Å². The summed E-state index contributed by atoms with van der Waals surface area (Å²) in [5.41, 5.74) is 0. The highest BCUT2D eigenvalue weighted by Gasteiger charge is 2.19. The molecule has 1 aliphatic heterocycles. The van der Waals surface area contributed by atoms with Gasteiger partial charge in [-0.3, -0.25) is 4.79 Å². The molecule has 1 amide bonds. The van der Waals surface area contributed by atoms with E-state index in [-0.39, 0.29) is 18.0 Å². The van der Waals surface area contributed by atoms with Crippen molar-refractivity contribution in [1.82, 2.24) is 16.0 Å². The molecule has 0 aliphatic carbocycles. The molecule has 1 aliphatic rings. The van der Waals surface area contributed by atoms with Crippen LogP contribution in [0, 0.1) is 0 Å². The number of amides is 1. The van der Waals surface area contributed by atoms with E-state index in [0.29, 0.717) is 12.1 Å². The third-order valence-corrected chi connectivity index (χ3v) is 3.66. The minimum atomic E-state index is -0.122. The van der Waals surface area contributed by atoms with Crippen LogP contribution in [0.4, 0.5) is 0 Å². The first-order valence-corrected chi connectivity index (χ1v) is 7.79.